The first-order chi connectivity index (χ1) is 13.4. The van der Waals surface area contributed by atoms with Crippen LogP contribution in [0.3, 0.4) is 0 Å². The van der Waals surface area contributed by atoms with Crippen molar-refractivity contribution in [2.24, 2.45) is 17.3 Å². The normalized spacial score (nSPS) is 36.9. The molecule has 0 spiro atoms. The van der Waals surface area contributed by atoms with Crippen LogP contribution in [0.5, 0.6) is 5.75 Å². The highest BCUT2D eigenvalue weighted by Crippen LogP contribution is 2.63. The predicted octanol–water partition coefficient (Wildman–Crippen LogP) is 7.54. The number of benzene rings is 1. The van der Waals surface area contributed by atoms with Crippen LogP contribution in [0.1, 0.15) is 68.9 Å². The van der Waals surface area contributed by atoms with Crippen molar-refractivity contribution in [1.82, 2.24) is 0 Å². The SMILES string of the molecule is C[C@@H]1C[C@@H]2[C@H](CC[C@]3(C)[C@@H](O[Si](C)(C)C)CC[C@@H]23)c2ccc(O[Si](C)(C)C)cc21. The maximum Gasteiger partial charge on any atom is 0.242 e. The van der Waals surface area contributed by atoms with E-state index in [1.807, 2.05) is 0 Å². The van der Waals surface area contributed by atoms with Crippen LogP contribution in [-0.2, 0) is 4.43 Å². The smallest absolute Gasteiger partial charge is 0.242 e. The van der Waals surface area contributed by atoms with Crippen LogP contribution in [0.15, 0.2) is 18.2 Å². The van der Waals surface area contributed by atoms with Gasteiger partial charge in [-0.05, 0) is 124 Å². The Kier molecular flexibility index (Phi) is 5.40. The van der Waals surface area contributed by atoms with Crippen molar-refractivity contribution in [3.05, 3.63) is 29.3 Å². The van der Waals surface area contributed by atoms with Crippen LogP contribution in [-0.4, -0.2) is 22.7 Å². The summed E-state index contributed by atoms with van der Waals surface area (Å²) in [5.74, 6) is 4.13. The third-order valence-corrected chi connectivity index (χ3v) is 9.72. The Morgan fingerprint density at radius 2 is 1.66 bits per heavy atom. The van der Waals surface area contributed by atoms with Gasteiger partial charge in [-0.25, -0.2) is 0 Å². The van der Waals surface area contributed by atoms with E-state index < -0.39 is 16.6 Å². The first-order valence-corrected chi connectivity index (χ1v) is 18.7. The summed E-state index contributed by atoms with van der Waals surface area (Å²) in [6.45, 7) is 18.9. The molecule has 4 rings (SSSR count). The summed E-state index contributed by atoms with van der Waals surface area (Å²) in [6, 6.07) is 7.06. The lowest BCUT2D eigenvalue weighted by Crippen LogP contribution is -2.47. The van der Waals surface area contributed by atoms with Gasteiger partial charge in [-0.15, -0.1) is 0 Å². The number of fused-ring (bicyclic) bond motifs is 5. The van der Waals surface area contributed by atoms with Gasteiger partial charge in [0.15, 0.2) is 8.32 Å². The van der Waals surface area contributed by atoms with E-state index in [1.165, 1.54) is 32.1 Å². The highest BCUT2D eigenvalue weighted by molar-refractivity contribution is 6.70. The fourth-order valence-electron chi connectivity index (χ4n) is 6.84. The van der Waals surface area contributed by atoms with Crippen LogP contribution >= 0.6 is 0 Å². The molecule has 2 fully saturated rings. The minimum absolute atomic E-state index is 0.388. The van der Waals surface area contributed by atoms with E-state index in [0.717, 1.165) is 23.5 Å². The van der Waals surface area contributed by atoms with Crippen LogP contribution in [0.4, 0.5) is 0 Å². The molecule has 3 aliphatic rings. The second-order valence-corrected chi connectivity index (χ2v) is 21.2. The molecule has 0 aliphatic heterocycles. The fraction of sp³-hybridized carbons (Fsp3) is 0.760. The first-order valence-electron chi connectivity index (χ1n) is 11.9. The van der Waals surface area contributed by atoms with Crippen LogP contribution in [0, 0.1) is 17.3 Å². The highest BCUT2D eigenvalue weighted by Gasteiger charge is 2.56. The number of hydrogen-bond donors (Lipinski definition) is 0. The molecule has 4 heteroatoms. The Morgan fingerprint density at radius 3 is 2.31 bits per heavy atom. The molecule has 0 saturated heterocycles. The maximum atomic E-state index is 6.74. The van der Waals surface area contributed by atoms with Crippen molar-refractivity contribution in [3.63, 3.8) is 0 Å². The molecular weight excluding hydrogens is 388 g/mol. The van der Waals surface area contributed by atoms with Gasteiger partial charge in [0.25, 0.3) is 0 Å². The number of hydrogen-bond acceptors (Lipinski definition) is 2. The van der Waals surface area contributed by atoms with Crippen LogP contribution < -0.4 is 4.43 Å². The van der Waals surface area contributed by atoms with Gasteiger partial charge in [0.1, 0.15) is 5.75 Å². The van der Waals surface area contributed by atoms with Crippen molar-refractivity contribution in [3.8, 4) is 5.75 Å². The molecule has 3 aliphatic carbocycles. The zero-order valence-electron chi connectivity index (χ0n) is 20.0. The van der Waals surface area contributed by atoms with Crippen molar-refractivity contribution in [1.29, 1.82) is 0 Å². The minimum atomic E-state index is -1.57. The monoisotopic (exact) mass is 430 g/mol. The molecule has 0 N–H and O–H groups in total. The lowest BCUT2D eigenvalue weighted by atomic mass is 9.54. The second kappa shape index (κ2) is 7.24. The topological polar surface area (TPSA) is 18.5 Å². The summed E-state index contributed by atoms with van der Waals surface area (Å²) >= 11 is 0. The van der Waals surface area contributed by atoms with Gasteiger partial charge in [-0.3, -0.25) is 0 Å². The molecule has 0 bridgehead atoms. The quantitative estimate of drug-likeness (QED) is 0.459. The van der Waals surface area contributed by atoms with Gasteiger partial charge in [0, 0.05) is 0 Å². The summed E-state index contributed by atoms with van der Waals surface area (Å²) in [7, 11) is -3.06. The zero-order valence-corrected chi connectivity index (χ0v) is 22.0. The van der Waals surface area contributed by atoms with Crippen LogP contribution in [0.2, 0.25) is 39.3 Å². The molecule has 6 atom stereocenters. The van der Waals surface area contributed by atoms with E-state index >= 15 is 0 Å². The third-order valence-electron chi connectivity index (χ3n) is 7.88. The maximum absolute atomic E-state index is 6.74. The van der Waals surface area contributed by atoms with Crippen molar-refractivity contribution in [2.75, 3.05) is 0 Å². The van der Waals surface area contributed by atoms with Gasteiger partial charge in [0.2, 0.25) is 8.32 Å². The molecule has 0 unspecified atom stereocenters. The van der Waals surface area contributed by atoms with Crippen molar-refractivity contribution in [2.45, 2.75) is 103 Å². The molecule has 0 amide bonds. The third kappa shape index (κ3) is 4.14. The second-order valence-electron chi connectivity index (χ2n) is 12.4. The van der Waals surface area contributed by atoms with E-state index in [4.69, 9.17) is 8.85 Å². The Morgan fingerprint density at radius 1 is 0.931 bits per heavy atom. The van der Waals surface area contributed by atoms with E-state index in [1.54, 1.807) is 11.1 Å². The Hall–Kier alpha value is -0.586. The van der Waals surface area contributed by atoms with Gasteiger partial charge >= 0.3 is 0 Å². The van der Waals surface area contributed by atoms with Gasteiger partial charge in [-0.2, -0.15) is 0 Å². The summed E-state index contributed by atoms with van der Waals surface area (Å²) in [5, 5.41) is 0. The standard InChI is InChI=1S/C25H42O2Si2/c1-17-15-22-20(19-10-9-18(16-21(17)19)26-28(3,4)5)13-14-25(2)23(22)11-12-24(25)27-29(6,7)8/h9-10,16-17,20,22-24H,11-15H2,1-8H3/t17-,20-,22-,23+,24+,25+/m1/s1. The first kappa shape index (κ1) is 21.6. The molecule has 1 aromatic rings. The minimum Gasteiger partial charge on any atom is -0.544 e. The van der Waals surface area contributed by atoms with Gasteiger partial charge in [0.05, 0.1) is 6.10 Å². The van der Waals surface area contributed by atoms with E-state index in [0.29, 0.717) is 17.4 Å². The number of rotatable bonds is 4. The molecule has 0 heterocycles. The predicted molar refractivity (Wildman–Crippen MR) is 128 cm³/mol. The summed E-state index contributed by atoms with van der Waals surface area (Å²) < 4.78 is 13.1. The van der Waals surface area contributed by atoms with Crippen molar-refractivity contribution < 1.29 is 8.85 Å². The zero-order chi connectivity index (χ0) is 21.2. The summed E-state index contributed by atoms with van der Waals surface area (Å²) in [4.78, 5) is 0. The largest absolute Gasteiger partial charge is 0.544 e. The van der Waals surface area contributed by atoms with Gasteiger partial charge in [-0.1, -0.05) is 19.9 Å². The highest BCUT2D eigenvalue weighted by atomic mass is 28.4. The molecule has 1 aromatic carbocycles. The Bertz CT molecular complexity index is 763. The van der Waals surface area contributed by atoms with E-state index in [2.05, 4.69) is 71.3 Å². The average molecular weight is 431 g/mol. The molecule has 0 radical (unpaired) electrons. The van der Waals surface area contributed by atoms with Gasteiger partial charge < -0.3 is 8.85 Å². The lowest BCUT2D eigenvalue weighted by molar-refractivity contribution is -0.0161. The van der Waals surface area contributed by atoms with Crippen molar-refractivity contribution >= 4 is 16.6 Å². The average Bonchev–Trinajstić information content (AvgIpc) is 2.89. The summed E-state index contributed by atoms with van der Waals surface area (Å²) in [6.07, 6.45) is 7.13. The molecule has 162 valence electrons. The molecule has 0 aromatic heterocycles. The molecular formula is C25H42O2Si2. The Labute approximate surface area is 181 Å². The molecule has 29 heavy (non-hydrogen) atoms. The molecule has 2 nitrogen and oxygen atoms in total. The van der Waals surface area contributed by atoms with Crippen LogP contribution in [0.25, 0.3) is 0 Å². The Balaban J connectivity index is 1.60. The lowest BCUT2D eigenvalue weighted by Gasteiger charge is -2.52. The van der Waals surface area contributed by atoms with E-state index in [-0.39, 0.29) is 0 Å². The molecule has 2 saturated carbocycles. The fourth-order valence-corrected chi connectivity index (χ4v) is 8.92. The summed E-state index contributed by atoms with van der Waals surface area (Å²) in [5.41, 5.74) is 3.59. The van der Waals surface area contributed by atoms with E-state index in [9.17, 15) is 0 Å².